The molecule has 0 radical (unpaired) electrons. The standard InChI is InChI=1S/C19H14BrFN2O5/c1-10(23-17(25)12-4-2-3-5-13(12)18(23)26)19(27)28-9-16(24)22-15-7-6-11(20)8-14(15)21/h2-8,10H,9H2,1H3,(H,22,24)/t10-/m0/s1. The van der Waals surface area contributed by atoms with E-state index >= 15 is 0 Å². The molecule has 1 heterocycles. The van der Waals surface area contributed by atoms with E-state index in [1.54, 1.807) is 12.1 Å². The van der Waals surface area contributed by atoms with Gasteiger partial charge in [-0.15, -0.1) is 0 Å². The van der Waals surface area contributed by atoms with Gasteiger partial charge in [0.05, 0.1) is 16.8 Å². The van der Waals surface area contributed by atoms with Crippen LogP contribution < -0.4 is 5.32 Å². The summed E-state index contributed by atoms with van der Waals surface area (Å²) in [4.78, 5) is 49.6. The molecular weight excluding hydrogens is 435 g/mol. The van der Waals surface area contributed by atoms with Crippen LogP contribution in [0.15, 0.2) is 46.9 Å². The normalized spacial score (nSPS) is 13.9. The largest absolute Gasteiger partial charge is 0.454 e. The van der Waals surface area contributed by atoms with E-state index < -0.39 is 42.2 Å². The van der Waals surface area contributed by atoms with Crippen LogP contribution in [0.5, 0.6) is 0 Å². The van der Waals surface area contributed by atoms with Crippen LogP contribution in [-0.2, 0) is 14.3 Å². The highest BCUT2D eigenvalue weighted by Gasteiger charge is 2.41. The minimum atomic E-state index is -1.22. The lowest BCUT2D eigenvalue weighted by molar-refractivity contribution is -0.150. The molecule has 0 saturated heterocycles. The zero-order chi connectivity index (χ0) is 20.4. The lowest BCUT2D eigenvalue weighted by atomic mass is 10.1. The summed E-state index contributed by atoms with van der Waals surface area (Å²) in [6.45, 7) is 0.637. The predicted molar refractivity (Wildman–Crippen MR) is 100 cm³/mol. The Kier molecular flexibility index (Phi) is 5.55. The number of hydrogen-bond donors (Lipinski definition) is 1. The second-order valence-electron chi connectivity index (χ2n) is 5.98. The van der Waals surface area contributed by atoms with E-state index in [2.05, 4.69) is 21.2 Å². The minimum absolute atomic E-state index is 0.0716. The molecule has 0 spiro atoms. The summed E-state index contributed by atoms with van der Waals surface area (Å²) in [5.74, 6) is -3.56. The van der Waals surface area contributed by atoms with Crippen molar-refractivity contribution in [1.29, 1.82) is 0 Å². The smallest absolute Gasteiger partial charge is 0.329 e. The van der Waals surface area contributed by atoms with E-state index in [9.17, 15) is 23.6 Å². The van der Waals surface area contributed by atoms with Gasteiger partial charge in [0.15, 0.2) is 6.61 Å². The van der Waals surface area contributed by atoms with Gasteiger partial charge >= 0.3 is 5.97 Å². The molecule has 1 aliphatic heterocycles. The third-order valence-corrected chi connectivity index (χ3v) is 4.60. The van der Waals surface area contributed by atoms with Crippen LogP contribution in [0.25, 0.3) is 0 Å². The average molecular weight is 449 g/mol. The average Bonchev–Trinajstić information content (AvgIpc) is 2.92. The molecule has 0 bridgehead atoms. The number of benzene rings is 2. The van der Waals surface area contributed by atoms with Gasteiger partial charge in [0.1, 0.15) is 11.9 Å². The number of ether oxygens (including phenoxy) is 1. The van der Waals surface area contributed by atoms with Gasteiger partial charge < -0.3 is 10.1 Å². The summed E-state index contributed by atoms with van der Waals surface area (Å²) in [7, 11) is 0. The van der Waals surface area contributed by atoms with E-state index in [1.807, 2.05) is 0 Å². The summed E-state index contributed by atoms with van der Waals surface area (Å²) in [6.07, 6.45) is 0. The predicted octanol–water partition coefficient (Wildman–Crippen LogP) is 2.75. The summed E-state index contributed by atoms with van der Waals surface area (Å²) in [5, 5.41) is 2.27. The van der Waals surface area contributed by atoms with Crippen LogP contribution >= 0.6 is 15.9 Å². The third kappa shape index (κ3) is 3.79. The van der Waals surface area contributed by atoms with Gasteiger partial charge in [0.25, 0.3) is 17.7 Å². The Balaban J connectivity index is 1.60. The first-order valence-corrected chi connectivity index (χ1v) is 8.97. The van der Waals surface area contributed by atoms with Crippen molar-refractivity contribution in [3.8, 4) is 0 Å². The monoisotopic (exact) mass is 448 g/mol. The van der Waals surface area contributed by atoms with E-state index in [0.29, 0.717) is 4.47 Å². The van der Waals surface area contributed by atoms with Gasteiger partial charge in [-0.3, -0.25) is 19.3 Å². The fraction of sp³-hybridized carbons (Fsp3) is 0.158. The summed E-state index contributed by atoms with van der Waals surface area (Å²) >= 11 is 3.10. The van der Waals surface area contributed by atoms with Gasteiger partial charge in [-0.25, -0.2) is 9.18 Å². The molecule has 144 valence electrons. The van der Waals surface area contributed by atoms with E-state index in [-0.39, 0.29) is 16.8 Å². The highest BCUT2D eigenvalue weighted by molar-refractivity contribution is 9.10. The first-order valence-electron chi connectivity index (χ1n) is 8.18. The van der Waals surface area contributed by atoms with Crippen molar-refractivity contribution in [3.63, 3.8) is 0 Å². The first kappa shape index (κ1) is 19.7. The molecule has 1 aliphatic rings. The molecule has 0 aromatic heterocycles. The number of hydrogen-bond acceptors (Lipinski definition) is 5. The minimum Gasteiger partial charge on any atom is -0.454 e. The zero-order valence-electron chi connectivity index (χ0n) is 14.6. The fourth-order valence-electron chi connectivity index (χ4n) is 2.70. The summed E-state index contributed by atoms with van der Waals surface area (Å²) < 4.78 is 19.1. The van der Waals surface area contributed by atoms with Crippen LogP contribution in [0.3, 0.4) is 0 Å². The molecule has 0 aliphatic carbocycles. The Morgan fingerprint density at radius 3 is 2.32 bits per heavy atom. The number of anilines is 1. The van der Waals surface area contributed by atoms with E-state index in [0.717, 1.165) is 4.90 Å². The van der Waals surface area contributed by atoms with Gasteiger partial charge in [-0.2, -0.15) is 0 Å². The highest BCUT2D eigenvalue weighted by atomic mass is 79.9. The number of carbonyl (C=O) groups is 4. The molecule has 28 heavy (non-hydrogen) atoms. The van der Waals surface area contributed by atoms with Crippen LogP contribution in [0.1, 0.15) is 27.6 Å². The molecule has 0 saturated carbocycles. The maximum atomic E-state index is 13.7. The molecule has 0 fully saturated rings. The quantitative estimate of drug-likeness (QED) is 0.560. The van der Waals surface area contributed by atoms with Gasteiger partial charge in [-0.1, -0.05) is 28.1 Å². The van der Waals surface area contributed by atoms with Gasteiger partial charge in [0, 0.05) is 4.47 Å². The van der Waals surface area contributed by atoms with Crippen molar-refractivity contribution in [2.45, 2.75) is 13.0 Å². The molecule has 9 heteroatoms. The topological polar surface area (TPSA) is 92.8 Å². The highest BCUT2D eigenvalue weighted by Crippen LogP contribution is 2.25. The third-order valence-electron chi connectivity index (χ3n) is 4.10. The number of amides is 3. The van der Waals surface area contributed by atoms with Crippen molar-refractivity contribution < 1.29 is 28.3 Å². The van der Waals surface area contributed by atoms with E-state index in [1.165, 1.54) is 37.3 Å². The Morgan fingerprint density at radius 2 is 1.75 bits per heavy atom. The van der Waals surface area contributed by atoms with Gasteiger partial charge in [0.2, 0.25) is 0 Å². The number of fused-ring (bicyclic) bond motifs is 1. The number of rotatable bonds is 5. The summed E-state index contributed by atoms with van der Waals surface area (Å²) in [5.41, 5.74) is 0.337. The van der Waals surface area contributed by atoms with Gasteiger partial charge in [-0.05, 0) is 37.3 Å². The van der Waals surface area contributed by atoms with Crippen LogP contribution in [0, 0.1) is 5.82 Å². The van der Waals surface area contributed by atoms with Crippen LogP contribution in [0.4, 0.5) is 10.1 Å². The molecule has 1 atom stereocenters. The zero-order valence-corrected chi connectivity index (χ0v) is 16.2. The van der Waals surface area contributed by atoms with Crippen molar-refractivity contribution in [2.75, 3.05) is 11.9 Å². The Hall–Kier alpha value is -3.07. The second-order valence-corrected chi connectivity index (χ2v) is 6.90. The first-order chi connectivity index (χ1) is 13.3. The van der Waals surface area contributed by atoms with Crippen molar-refractivity contribution in [3.05, 3.63) is 63.9 Å². The molecule has 3 rings (SSSR count). The molecule has 2 aromatic rings. The number of nitrogens with zero attached hydrogens (tertiary/aromatic N) is 1. The lowest BCUT2D eigenvalue weighted by Gasteiger charge is -2.20. The Labute approximate surface area is 167 Å². The number of halogens is 2. The van der Waals surface area contributed by atoms with Crippen LogP contribution in [-0.4, -0.2) is 41.2 Å². The molecule has 7 nitrogen and oxygen atoms in total. The molecule has 2 aromatic carbocycles. The fourth-order valence-corrected chi connectivity index (χ4v) is 3.03. The van der Waals surface area contributed by atoms with Crippen LogP contribution in [0.2, 0.25) is 0 Å². The van der Waals surface area contributed by atoms with E-state index in [4.69, 9.17) is 4.74 Å². The molecule has 3 amide bonds. The number of imide groups is 1. The molecular formula is C19H14BrFN2O5. The summed E-state index contributed by atoms with van der Waals surface area (Å²) in [6, 6.07) is 9.05. The maximum absolute atomic E-state index is 13.7. The number of carbonyl (C=O) groups excluding carboxylic acids is 4. The van der Waals surface area contributed by atoms with Crippen molar-refractivity contribution in [1.82, 2.24) is 4.90 Å². The Bertz CT molecular complexity index is 959. The van der Waals surface area contributed by atoms with Crippen molar-refractivity contribution >= 4 is 45.3 Å². The SMILES string of the molecule is C[C@@H](C(=O)OCC(=O)Nc1ccc(Br)cc1F)N1C(=O)c2ccccc2C1=O. The maximum Gasteiger partial charge on any atom is 0.329 e. The molecule has 0 unspecified atom stereocenters. The van der Waals surface area contributed by atoms with Crippen molar-refractivity contribution in [2.24, 2.45) is 0 Å². The lowest BCUT2D eigenvalue weighted by Crippen LogP contribution is -2.44. The second kappa shape index (κ2) is 7.89. The number of esters is 1. The number of nitrogens with one attached hydrogen (secondary N) is 1. The Morgan fingerprint density at radius 1 is 1.14 bits per heavy atom. The molecule has 1 N–H and O–H groups in total.